The molecule has 1 atom stereocenters. The molecule has 0 fully saturated rings. The number of aromatic nitrogens is 2. The Morgan fingerprint density at radius 1 is 1.19 bits per heavy atom. The van der Waals surface area contributed by atoms with E-state index in [2.05, 4.69) is 21.0 Å². The van der Waals surface area contributed by atoms with Crippen LogP contribution in [0.5, 0.6) is 5.75 Å². The summed E-state index contributed by atoms with van der Waals surface area (Å²) >= 11 is 16.3. The molecular formula is C27H22BrCl2N3O4. The van der Waals surface area contributed by atoms with Crippen molar-refractivity contribution in [3.05, 3.63) is 102 Å². The standard InChI is InChI=1S/C27H22BrCl2N3O4/c1-3-15(2)25-32-23-8-7-19(28)12-20(23)26(34)33(25)31-13-17-10-21(29)24(22(30)11-17)37-14-16-5-4-6-18(9-16)27(35)36/h4-13,15H,3,14H2,1-2H3,(H,35,36)/t15-/m0/s1. The number of hydrogen-bond acceptors (Lipinski definition) is 5. The van der Waals surface area contributed by atoms with Crippen molar-refractivity contribution in [3.63, 3.8) is 0 Å². The zero-order chi connectivity index (χ0) is 26.7. The molecule has 10 heteroatoms. The third kappa shape index (κ3) is 6.04. The van der Waals surface area contributed by atoms with E-state index >= 15 is 0 Å². The fourth-order valence-corrected chi connectivity index (χ4v) is 4.62. The minimum atomic E-state index is -1.02. The van der Waals surface area contributed by atoms with Gasteiger partial charge < -0.3 is 9.84 Å². The summed E-state index contributed by atoms with van der Waals surface area (Å²) in [5, 5.41) is 14.6. The Balaban J connectivity index is 1.64. The molecule has 0 unspecified atom stereocenters. The highest BCUT2D eigenvalue weighted by atomic mass is 79.9. The van der Waals surface area contributed by atoms with Crippen LogP contribution in [0.15, 0.2) is 69.0 Å². The van der Waals surface area contributed by atoms with Crippen LogP contribution in [0.25, 0.3) is 10.9 Å². The molecule has 0 bridgehead atoms. The predicted octanol–water partition coefficient (Wildman–Crippen LogP) is 7.14. The van der Waals surface area contributed by atoms with Gasteiger partial charge in [-0.2, -0.15) is 9.78 Å². The molecule has 0 saturated heterocycles. The molecule has 37 heavy (non-hydrogen) atoms. The number of hydrogen-bond donors (Lipinski definition) is 1. The number of carboxylic acids is 1. The molecule has 0 aliphatic rings. The van der Waals surface area contributed by atoms with E-state index in [1.165, 1.54) is 23.0 Å². The minimum absolute atomic E-state index is 0.000443. The average Bonchev–Trinajstić information content (AvgIpc) is 2.87. The van der Waals surface area contributed by atoms with E-state index in [1.807, 2.05) is 19.9 Å². The summed E-state index contributed by atoms with van der Waals surface area (Å²) in [5.74, 6) is -0.206. The molecule has 4 aromatic rings. The topological polar surface area (TPSA) is 93.8 Å². The minimum Gasteiger partial charge on any atom is -0.486 e. The maximum Gasteiger partial charge on any atom is 0.335 e. The Bertz CT molecular complexity index is 1560. The highest BCUT2D eigenvalue weighted by Gasteiger charge is 2.16. The molecule has 4 rings (SSSR count). The average molecular weight is 603 g/mol. The molecule has 1 N–H and O–H groups in total. The van der Waals surface area contributed by atoms with Crippen molar-refractivity contribution >= 4 is 62.2 Å². The summed E-state index contributed by atoms with van der Waals surface area (Å²) in [6.07, 6.45) is 2.28. The molecule has 0 spiro atoms. The second-order valence-corrected chi connectivity index (χ2v) is 10.1. The van der Waals surface area contributed by atoms with Crippen molar-refractivity contribution in [2.75, 3.05) is 0 Å². The lowest BCUT2D eigenvalue weighted by molar-refractivity contribution is 0.0696. The first-order chi connectivity index (χ1) is 17.7. The number of ether oxygens (including phenoxy) is 1. The summed E-state index contributed by atoms with van der Waals surface area (Å²) in [6, 6.07) is 15.0. The SMILES string of the molecule is CC[C@H](C)c1nc2ccc(Br)cc2c(=O)n1N=Cc1cc(Cl)c(OCc2cccc(C(=O)O)c2)c(Cl)c1. The van der Waals surface area contributed by atoms with Crippen molar-refractivity contribution in [2.24, 2.45) is 5.10 Å². The van der Waals surface area contributed by atoms with Crippen LogP contribution in [0.2, 0.25) is 10.0 Å². The van der Waals surface area contributed by atoms with Crippen molar-refractivity contribution in [3.8, 4) is 5.75 Å². The van der Waals surface area contributed by atoms with Crippen molar-refractivity contribution in [1.29, 1.82) is 0 Å². The molecule has 3 aromatic carbocycles. The van der Waals surface area contributed by atoms with Gasteiger partial charge in [0.25, 0.3) is 5.56 Å². The smallest absolute Gasteiger partial charge is 0.335 e. The van der Waals surface area contributed by atoms with Gasteiger partial charge in [-0.25, -0.2) is 9.78 Å². The van der Waals surface area contributed by atoms with Gasteiger partial charge in [0.15, 0.2) is 5.75 Å². The summed E-state index contributed by atoms with van der Waals surface area (Å²) in [6.45, 7) is 4.09. The number of carbonyl (C=O) groups is 1. The van der Waals surface area contributed by atoms with Crippen LogP contribution in [0.1, 0.15) is 53.5 Å². The van der Waals surface area contributed by atoms with Crippen LogP contribution >= 0.6 is 39.1 Å². The molecule has 0 aliphatic carbocycles. The fourth-order valence-electron chi connectivity index (χ4n) is 3.65. The molecule has 1 heterocycles. The normalized spacial score (nSPS) is 12.2. The van der Waals surface area contributed by atoms with Gasteiger partial charge in [0.1, 0.15) is 12.4 Å². The van der Waals surface area contributed by atoms with E-state index in [9.17, 15) is 9.59 Å². The van der Waals surface area contributed by atoms with Gasteiger partial charge in [-0.1, -0.05) is 65.1 Å². The molecule has 7 nitrogen and oxygen atoms in total. The quantitative estimate of drug-likeness (QED) is 0.216. The maximum atomic E-state index is 13.3. The number of halogens is 3. The van der Waals surface area contributed by atoms with Gasteiger partial charge in [0, 0.05) is 10.4 Å². The highest BCUT2D eigenvalue weighted by Crippen LogP contribution is 2.34. The Kier molecular flexibility index (Phi) is 8.32. The van der Waals surface area contributed by atoms with Crippen LogP contribution < -0.4 is 10.3 Å². The van der Waals surface area contributed by atoms with Gasteiger partial charge in [-0.3, -0.25) is 4.79 Å². The van der Waals surface area contributed by atoms with Crippen LogP contribution in [-0.2, 0) is 6.61 Å². The Hall–Kier alpha value is -3.20. The van der Waals surface area contributed by atoms with Gasteiger partial charge in [-0.05, 0) is 60.0 Å². The zero-order valence-corrected chi connectivity index (χ0v) is 23.0. The molecular weight excluding hydrogens is 581 g/mol. The van der Waals surface area contributed by atoms with Crippen molar-refractivity contribution < 1.29 is 14.6 Å². The Morgan fingerprint density at radius 3 is 2.59 bits per heavy atom. The third-order valence-corrected chi connectivity index (χ3v) is 6.84. The number of fused-ring (bicyclic) bond motifs is 1. The summed E-state index contributed by atoms with van der Waals surface area (Å²) in [4.78, 5) is 29.2. The van der Waals surface area contributed by atoms with E-state index < -0.39 is 5.97 Å². The molecule has 190 valence electrons. The van der Waals surface area contributed by atoms with E-state index in [-0.39, 0.29) is 39.4 Å². The zero-order valence-electron chi connectivity index (χ0n) is 19.9. The molecule has 0 amide bonds. The van der Waals surface area contributed by atoms with Crippen LogP contribution in [-0.4, -0.2) is 27.0 Å². The lowest BCUT2D eigenvalue weighted by Gasteiger charge is -2.14. The number of carboxylic acid groups (broad SMARTS) is 1. The van der Waals surface area contributed by atoms with Gasteiger partial charge in [0.2, 0.25) is 0 Å². The second-order valence-electron chi connectivity index (χ2n) is 8.41. The predicted molar refractivity (Wildman–Crippen MR) is 150 cm³/mol. The molecule has 0 saturated carbocycles. The summed E-state index contributed by atoms with van der Waals surface area (Å²) in [5.41, 5.74) is 1.71. The molecule has 0 aliphatic heterocycles. The second kappa shape index (κ2) is 11.5. The van der Waals surface area contributed by atoms with E-state index in [1.54, 1.807) is 36.4 Å². The Labute approximate surface area is 231 Å². The molecule has 0 radical (unpaired) electrons. The first-order valence-corrected chi connectivity index (χ1v) is 12.9. The van der Waals surface area contributed by atoms with Crippen molar-refractivity contribution in [1.82, 2.24) is 9.66 Å². The first-order valence-electron chi connectivity index (χ1n) is 11.4. The van der Waals surface area contributed by atoms with Gasteiger partial charge in [-0.15, -0.1) is 0 Å². The lowest BCUT2D eigenvalue weighted by Crippen LogP contribution is -2.23. The highest BCUT2D eigenvalue weighted by molar-refractivity contribution is 9.10. The van der Waals surface area contributed by atoms with Crippen LogP contribution in [0.4, 0.5) is 0 Å². The van der Waals surface area contributed by atoms with Crippen LogP contribution in [0, 0.1) is 0 Å². The number of aromatic carboxylic acids is 1. The van der Waals surface area contributed by atoms with Crippen LogP contribution in [0.3, 0.4) is 0 Å². The van der Waals surface area contributed by atoms with E-state index in [0.29, 0.717) is 27.9 Å². The molecule has 1 aromatic heterocycles. The van der Waals surface area contributed by atoms with Gasteiger partial charge >= 0.3 is 5.97 Å². The summed E-state index contributed by atoms with van der Waals surface area (Å²) in [7, 11) is 0. The summed E-state index contributed by atoms with van der Waals surface area (Å²) < 4.78 is 7.86. The Morgan fingerprint density at radius 2 is 1.92 bits per heavy atom. The lowest BCUT2D eigenvalue weighted by atomic mass is 10.1. The van der Waals surface area contributed by atoms with Gasteiger partial charge in [0.05, 0.1) is 32.7 Å². The van der Waals surface area contributed by atoms with Crippen molar-refractivity contribution in [2.45, 2.75) is 32.8 Å². The monoisotopic (exact) mass is 601 g/mol. The number of benzene rings is 3. The number of rotatable bonds is 8. The van der Waals surface area contributed by atoms with E-state index in [0.717, 1.165) is 10.9 Å². The maximum absolute atomic E-state index is 13.3. The third-order valence-electron chi connectivity index (χ3n) is 5.79. The first kappa shape index (κ1) is 26.9. The number of nitrogens with zero attached hydrogens (tertiary/aromatic N) is 3. The largest absolute Gasteiger partial charge is 0.486 e. The fraction of sp³-hybridized carbons (Fsp3) is 0.185. The van der Waals surface area contributed by atoms with E-state index in [4.69, 9.17) is 38.0 Å².